The van der Waals surface area contributed by atoms with Crippen LogP contribution in [0, 0.1) is 18.7 Å². The molecule has 30 heavy (non-hydrogen) atoms. The van der Waals surface area contributed by atoms with Gasteiger partial charge in [0.25, 0.3) is 0 Å². The summed E-state index contributed by atoms with van der Waals surface area (Å²) in [6.45, 7) is 4.65. The van der Waals surface area contributed by atoms with Crippen LogP contribution in [0.25, 0.3) is 12.2 Å². The van der Waals surface area contributed by atoms with E-state index in [-0.39, 0.29) is 41.3 Å². The number of hydrogen-bond acceptors (Lipinski definition) is 5. The molecule has 3 rings (SSSR count). The predicted octanol–water partition coefficient (Wildman–Crippen LogP) is 3.22. The summed E-state index contributed by atoms with van der Waals surface area (Å²) < 4.78 is 46.9. The predicted molar refractivity (Wildman–Crippen MR) is 111 cm³/mol. The molecule has 1 N–H and O–H groups in total. The van der Waals surface area contributed by atoms with Crippen molar-refractivity contribution in [1.29, 1.82) is 0 Å². The van der Waals surface area contributed by atoms with Gasteiger partial charge in [-0.1, -0.05) is 30.3 Å². The minimum atomic E-state index is -3.86. The first-order chi connectivity index (χ1) is 14.3. The van der Waals surface area contributed by atoms with Crippen LogP contribution in [-0.2, 0) is 14.8 Å². The number of carbonyl (C=O) groups excluding carboxylic acids is 1. The average Bonchev–Trinajstić information content (AvgIpc) is 3.12. The number of nitrogens with zero attached hydrogens (tertiary/aromatic N) is 2. The molecule has 0 radical (unpaired) electrons. The SMILES string of the molecule is CCCNC(=O)C1CCN(S(=O)(=O)c2c(C)noc2/C=C/c2ccccc2F)CC1. The van der Waals surface area contributed by atoms with Crippen LogP contribution in [0.4, 0.5) is 4.39 Å². The van der Waals surface area contributed by atoms with Gasteiger partial charge in [-0.3, -0.25) is 4.79 Å². The van der Waals surface area contributed by atoms with E-state index in [9.17, 15) is 17.6 Å². The minimum absolute atomic E-state index is 0.0241. The Bertz CT molecular complexity index is 1020. The summed E-state index contributed by atoms with van der Waals surface area (Å²) in [5, 5.41) is 6.67. The fourth-order valence-corrected chi connectivity index (χ4v) is 5.17. The molecule has 0 atom stereocenters. The lowest BCUT2D eigenvalue weighted by Crippen LogP contribution is -2.43. The molecular formula is C21H26FN3O4S. The van der Waals surface area contributed by atoms with E-state index in [4.69, 9.17) is 4.52 Å². The van der Waals surface area contributed by atoms with Crippen LogP contribution >= 0.6 is 0 Å². The number of carbonyl (C=O) groups is 1. The summed E-state index contributed by atoms with van der Waals surface area (Å²) in [6.07, 6.45) is 4.64. The second kappa shape index (κ2) is 9.53. The second-order valence-corrected chi connectivity index (χ2v) is 9.16. The first-order valence-corrected chi connectivity index (χ1v) is 11.4. The van der Waals surface area contributed by atoms with Gasteiger partial charge in [-0.15, -0.1) is 0 Å². The summed E-state index contributed by atoms with van der Waals surface area (Å²) in [7, 11) is -3.86. The molecular weight excluding hydrogens is 409 g/mol. The zero-order valence-corrected chi connectivity index (χ0v) is 17.9. The number of amides is 1. The van der Waals surface area contributed by atoms with Crippen LogP contribution in [-0.4, -0.2) is 43.4 Å². The quantitative estimate of drug-likeness (QED) is 0.721. The largest absolute Gasteiger partial charge is 0.356 e. The molecule has 0 saturated carbocycles. The number of aromatic nitrogens is 1. The molecule has 9 heteroatoms. The Kier molecular flexibility index (Phi) is 7.04. The molecule has 162 valence electrons. The van der Waals surface area contributed by atoms with Gasteiger partial charge in [0.1, 0.15) is 11.5 Å². The summed E-state index contributed by atoms with van der Waals surface area (Å²) >= 11 is 0. The van der Waals surface area contributed by atoms with Crippen LogP contribution in [0.5, 0.6) is 0 Å². The topological polar surface area (TPSA) is 92.5 Å². The van der Waals surface area contributed by atoms with Gasteiger partial charge in [0.05, 0.1) is 0 Å². The van der Waals surface area contributed by atoms with Gasteiger partial charge in [0, 0.05) is 31.1 Å². The number of hydrogen-bond donors (Lipinski definition) is 1. The summed E-state index contributed by atoms with van der Waals surface area (Å²) in [5.74, 6) is -0.577. The molecule has 1 aromatic carbocycles. The maximum Gasteiger partial charge on any atom is 0.248 e. The van der Waals surface area contributed by atoms with Crippen molar-refractivity contribution in [3.05, 3.63) is 47.1 Å². The number of rotatable bonds is 7. The Morgan fingerprint density at radius 2 is 2.00 bits per heavy atom. The Hall–Kier alpha value is -2.52. The van der Waals surface area contributed by atoms with E-state index in [2.05, 4.69) is 10.5 Å². The highest BCUT2D eigenvalue weighted by molar-refractivity contribution is 7.89. The number of piperidine rings is 1. The van der Waals surface area contributed by atoms with E-state index >= 15 is 0 Å². The van der Waals surface area contributed by atoms with E-state index in [1.54, 1.807) is 25.1 Å². The molecule has 1 aliphatic heterocycles. The smallest absolute Gasteiger partial charge is 0.248 e. The normalized spacial score (nSPS) is 16.2. The van der Waals surface area contributed by atoms with Crippen molar-refractivity contribution in [2.75, 3.05) is 19.6 Å². The molecule has 0 unspecified atom stereocenters. The lowest BCUT2D eigenvalue weighted by atomic mass is 9.97. The van der Waals surface area contributed by atoms with Gasteiger partial charge in [0.15, 0.2) is 10.7 Å². The Morgan fingerprint density at radius 1 is 1.30 bits per heavy atom. The van der Waals surface area contributed by atoms with E-state index in [1.165, 1.54) is 22.5 Å². The molecule has 2 heterocycles. The first-order valence-electron chi connectivity index (χ1n) is 10.0. The molecule has 1 fully saturated rings. The van der Waals surface area contributed by atoms with Crippen molar-refractivity contribution in [2.45, 2.75) is 38.0 Å². The van der Waals surface area contributed by atoms with E-state index in [0.717, 1.165) is 6.42 Å². The summed E-state index contributed by atoms with van der Waals surface area (Å²) in [6, 6.07) is 6.17. The van der Waals surface area contributed by atoms with Crippen molar-refractivity contribution >= 4 is 28.1 Å². The Balaban J connectivity index is 1.77. The van der Waals surface area contributed by atoms with Crippen LogP contribution < -0.4 is 5.32 Å². The fourth-order valence-electron chi connectivity index (χ4n) is 3.45. The third kappa shape index (κ3) is 4.79. The van der Waals surface area contributed by atoms with Crippen LogP contribution in [0.3, 0.4) is 0 Å². The minimum Gasteiger partial charge on any atom is -0.356 e. The van der Waals surface area contributed by atoms with Crippen molar-refractivity contribution in [2.24, 2.45) is 5.92 Å². The van der Waals surface area contributed by atoms with Crippen LogP contribution in [0.1, 0.15) is 43.2 Å². The fraction of sp³-hybridized carbons (Fsp3) is 0.429. The zero-order valence-electron chi connectivity index (χ0n) is 17.1. The van der Waals surface area contributed by atoms with Gasteiger partial charge in [-0.05, 0) is 44.4 Å². The zero-order chi connectivity index (χ0) is 21.7. The standard InChI is InChI=1S/C21H26FN3O4S/c1-3-12-23-21(26)17-10-13-25(14-11-17)30(27,28)20-15(2)24-29-19(20)9-8-16-6-4-5-7-18(16)22/h4-9,17H,3,10-14H2,1-2H3,(H,23,26)/b9-8+. The van der Waals surface area contributed by atoms with Gasteiger partial charge in [0.2, 0.25) is 15.9 Å². The third-order valence-corrected chi connectivity index (χ3v) is 7.18. The van der Waals surface area contributed by atoms with Crippen molar-refractivity contribution in [1.82, 2.24) is 14.8 Å². The lowest BCUT2D eigenvalue weighted by Gasteiger charge is -2.30. The van der Waals surface area contributed by atoms with Crippen molar-refractivity contribution in [3.63, 3.8) is 0 Å². The van der Waals surface area contributed by atoms with Crippen molar-refractivity contribution in [3.8, 4) is 0 Å². The van der Waals surface area contributed by atoms with E-state index in [0.29, 0.717) is 24.9 Å². The van der Waals surface area contributed by atoms with E-state index in [1.807, 2.05) is 6.92 Å². The summed E-state index contributed by atoms with van der Waals surface area (Å²) in [4.78, 5) is 12.1. The summed E-state index contributed by atoms with van der Waals surface area (Å²) in [5.41, 5.74) is 0.555. The number of nitrogens with one attached hydrogen (secondary N) is 1. The number of halogens is 1. The average molecular weight is 436 g/mol. The molecule has 1 aromatic heterocycles. The molecule has 0 aliphatic carbocycles. The second-order valence-electron chi connectivity index (χ2n) is 7.29. The molecule has 7 nitrogen and oxygen atoms in total. The molecule has 0 spiro atoms. The molecule has 0 bridgehead atoms. The Morgan fingerprint density at radius 3 is 2.67 bits per heavy atom. The molecule has 1 saturated heterocycles. The molecule has 1 aliphatic rings. The maximum atomic E-state index is 13.8. The number of sulfonamides is 1. The third-order valence-electron chi connectivity index (χ3n) is 5.12. The van der Waals surface area contributed by atoms with E-state index < -0.39 is 15.8 Å². The Labute approximate surface area is 176 Å². The van der Waals surface area contributed by atoms with Crippen molar-refractivity contribution < 1.29 is 22.1 Å². The highest BCUT2D eigenvalue weighted by Gasteiger charge is 2.35. The van der Waals surface area contributed by atoms with Gasteiger partial charge >= 0.3 is 0 Å². The highest BCUT2D eigenvalue weighted by atomic mass is 32.2. The molecule has 1 amide bonds. The first kappa shape index (κ1) is 22.2. The highest BCUT2D eigenvalue weighted by Crippen LogP contribution is 2.29. The van der Waals surface area contributed by atoms with Crippen LogP contribution in [0.2, 0.25) is 0 Å². The van der Waals surface area contributed by atoms with Gasteiger partial charge < -0.3 is 9.84 Å². The van der Waals surface area contributed by atoms with Gasteiger partial charge in [-0.2, -0.15) is 4.31 Å². The number of benzene rings is 1. The van der Waals surface area contributed by atoms with Gasteiger partial charge in [-0.25, -0.2) is 12.8 Å². The maximum absolute atomic E-state index is 13.8. The number of aryl methyl sites for hydroxylation is 1. The molecule has 2 aromatic rings. The lowest BCUT2D eigenvalue weighted by molar-refractivity contribution is -0.126. The monoisotopic (exact) mass is 435 g/mol. The van der Waals surface area contributed by atoms with Crippen LogP contribution in [0.15, 0.2) is 33.7 Å².